The molecule has 0 heterocycles. The van der Waals surface area contributed by atoms with Crippen molar-refractivity contribution < 1.29 is 19.4 Å². The standard InChI is InChI=1S/C23H32O4/c1-6-16-10-17-20(18(24)11-16)23(27-12-26-7-2)21(22(17)25)19-14(4)8-13(3)9-15(19)5/h8-9,16-18,20,24H,6-7,10-12H2,1-5H3/t16-,17+,18-,20+/m0/s1. The third-order valence-corrected chi connectivity index (χ3v) is 6.15. The van der Waals surface area contributed by atoms with E-state index in [1.807, 2.05) is 20.8 Å². The van der Waals surface area contributed by atoms with E-state index in [0.717, 1.165) is 36.0 Å². The largest absolute Gasteiger partial charge is 0.471 e. The molecule has 0 aromatic heterocycles. The van der Waals surface area contributed by atoms with E-state index in [1.54, 1.807) is 0 Å². The van der Waals surface area contributed by atoms with Gasteiger partial charge in [0.1, 0.15) is 5.76 Å². The van der Waals surface area contributed by atoms with Crippen LogP contribution in [0.4, 0.5) is 0 Å². The van der Waals surface area contributed by atoms with Crippen LogP contribution in [-0.2, 0) is 14.3 Å². The van der Waals surface area contributed by atoms with E-state index in [2.05, 4.69) is 26.0 Å². The number of allylic oxidation sites excluding steroid dienone is 1. The number of ketones is 1. The molecule has 1 fully saturated rings. The lowest BCUT2D eigenvalue weighted by atomic mass is 9.72. The molecule has 2 aliphatic rings. The van der Waals surface area contributed by atoms with E-state index < -0.39 is 6.10 Å². The highest BCUT2D eigenvalue weighted by molar-refractivity contribution is 6.25. The van der Waals surface area contributed by atoms with Crippen LogP contribution >= 0.6 is 0 Å². The topological polar surface area (TPSA) is 55.8 Å². The first-order valence-corrected chi connectivity index (χ1v) is 10.1. The molecule has 0 radical (unpaired) electrons. The van der Waals surface area contributed by atoms with Crippen LogP contribution in [0.2, 0.25) is 0 Å². The Morgan fingerprint density at radius 3 is 2.37 bits per heavy atom. The average molecular weight is 373 g/mol. The molecule has 0 spiro atoms. The lowest BCUT2D eigenvalue weighted by Gasteiger charge is -2.35. The predicted molar refractivity (Wildman–Crippen MR) is 106 cm³/mol. The highest BCUT2D eigenvalue weighted by atomic mass is 16.7. The number of aliphatic hydroxyl groups is 1. The van der Waals surface area contributed by atoms with Crippen LogP contribution in [-0.4, -0.2) is 30.4 Å². The molecule has 0 unspecified atom stereocenters. The Labute approximate surface area is 162 Å². The van der Waals surface area contributed by atoms with E-state index in [1.165, 1.54) is 5.56 Å². The fourth-order valence-electron chi connectivity index (χ4n) is 4.97. The number of rotatable bonds is 6. The highest BCUT2D eigenvalue weighted by Gasteiger charge is 2.51. The zero-order valence-electron chi connectivity index (χ0n) is 17.2. The van der Waals surface area contributed by atoms with Crippen molar-refractivity contribution in [1.82, 2.24) is 0 Å². The number of aryl methyl sites for hydroxylation is 3. The van der Waals surface area contributed by atoms with Crippen LogP contribution in [0.1, 0.15) is 55.4 Å². The third-order valence-electron chi connectivity index (χ3n) is 6.15. The Morgan fingerprint density at radius 2 is 1.78 bits per heavy atom. The zero-order valence-corrected chi connectivity index (χ0v) is 17.2. The SMILES string of the molecule is CCOCOC1=C(c2c(C)cc(C)cc2C)C(=O)[C@@H]2C[C@H](CC)C[C@H](O)[C@H]12. The van der Waals surface area contributed by atoms with Crippen LogP contribution in [0.5, 0.6) is 0 Å². The first kappa shape index (κ1) is 20.1. The van der Waals surface area contributed by atoms with Crippen LogP contribution in [0.25, 0.3) is 5.57 Å². The van der Waals surface area contributed by atoms with Crippen molar-refractivity contribution in [2.24, 2.45) is 17.8 Å². The Balaban J connectivity index is 2.10. The minimum atomic E-state index is -0.544. The summed E-state index contributed by atoms with van der Waals surface area (Å²) in [5.41, 5.74) is 4.96. The second-order valence-corrected chi connectivity index (χ2v) is 8.08. The summed E-state index contributed by atoms with van der Waals surface area (Å²) in [4.78, 5) is 13.5. The van der Waals surface area contributed by atoms with Gasteiger partial charge in [0.2, 0.25) is 0 Å². The van der Waals surface area contributed by atoms with Crippen molar-refractivity contribution in [3.05, 3.63) is 40.1 Å². The lowest BCUT2D eigenvalue weighted by Crippen LogP contribution is -2.37. The molecule has 4 heteroatoms. The van der Waals surface area contributed by atoms with E-state index in [9.17, 15) is 9.90 Å². The molecule has 3 rings (SSSR count). The van der Waals surface area contributed by atoms with Gasteiger partial charge in [-0.3, -0.25) is 4.79 Å². The number of aliphatic hydroxyl groups excluding tert-OH is 1. The van der Waals surface area contributed by atoms with Gasteiger partial charge >= 0.3 is 0 Å². The summed E-state index contributed by atoms with van der Waals surface area (Å²) < 4.78 is 11.4. The average Bonchev–Trinajstić information content (AvgIpc) is 2.87. The van der Waals surface area contributed by atoms with Crippen LogP contribution in [0, 0.1) is 38.5 Å². The number of hydrogen-bond acceptors (Lipinski definition) is 4. The fraction of sp³-hybridized carbons (Fsp3) is 0.609. The summed E-state index contributed by atoms with van der Waals surface area (Å²) in [6.45, 7) is 10.9. The molecule has 1 saturated carbocycles. The fourth-order valence-corrected chi connectivity index (χ4v) is 4.97. The normalized spacial score (nSPS) is 27.9. The number of ether oxygens (including phenoxy) is 2. The van der Waals surface area contributed by atoms with Crippen molar-refractivity contribution in [3.63, 3.8) is 0 Å². The van der Waals surface area contributed by atoms with Crippen molar-refractivity contribution in [2.75, 3.05) is 13.4 Å². The van der Waals surface area contributed by atoms with Crippen LogP contribution in [0.15, 0.2) is 17.9 Å². The molecule has 0 aliphatic heterocycles. The van der Waals surface area contributed by atoms with Gasteiger partial charge in [0.25, 0.3) is 0 Å². The molecule has 0 saturated heterocycles. The number of Topliss-reactive ketones (excluding diaryl/α,β-unsaturated/α-hetero) is 1. The molecular formula is C23H32O4. The van der Waals surface area contributed by atoms with Crippen LogP contribution in [0.3, 0.4) is 0 Å². The van der Waals surface area contributed by atoms with Gasteiger partial charge in [-0.1, -0.05) is 31.0 Å². The number of carbonyl (C=O) groups is 1. The first-order chi connectivity index (χ1) is 12.9. The quantitative estimate of drug-likeness (QED) is 0.596. The van der Waals surface area contributed by atoms with Crippen molar-refractivity contribution in [1.29, 1.82) is 0 Å². The molecule has 148 valence electrons. The predicted octanol–water partition coefficient (Wildman–Crippen LogP) is 4.33. The number of hydrogen-bond donors (Lipinski definition) is 1. The monoisotopic (exact) mass is 372 g/mol. The summed E-state index contributed by atoms with van der Waals surface area (Å²) in [7, 11) is 0. The van der Waals surface area contributed by atoms with Crippen molar-refractivity contribution in [2.45, 2.75) is 60.0 Å². The molecule has 4 atom stereocenters. The maximum absolute atomic E-state index is 13.5. The first-order valence-electron chi connectivity index (χ1n) is 10.1. The smallest absolute Gasteiger partial charge is 0.188 e. The summed E-state index contributed by atoms with van der Waals surface area (Å²) in [6.07, 6.45) is 2.00. The van der Waals surface area contributed by atoms with E-state index in [4.69, 9.17) is 9.47 Å². The number of fused-ring (bicyclic) bond motifs is 1. The molecule has 1 N–H and O–H groups in total. The Bertz CT molecular complexity index is 726. The molecule has 1 aromatic carbocycles. The van der Waals surface area contributed by atoms with Gasteiger partial charge in [-0.2, -0.15) is 0 Å². The van der Waals surface area contributed by atoms with E-state index in [0.29, 0.717) is 23.9 Å². The van der Waals surface area contributed by atoms with Gasteiger partial charge in [-0.25, -0.2) is 0 Å². The van der Waals surface area contributed by atoms with Gasteiger partial charge in [0, 0.05) is 12.5 Å². The van der Waals surface area contributed by atoms with E-state index in [-0.39, 0.29) is 24.4 Å². The summed E-state index contributed by atoms with van der Waals surface area (Å²) in [5.74, 6) is 0.702. The van der Waals surface area contributed by atoms with Crippen LogP contribution < -0.4 is 0 Å². The van der Waals surface area contributed by atoms with Gasteiger partial charge in [0.05, 0.1) is 17.6 Å². The Kier molecular flexibility index (Phi) is 6.07. The van der Waals surface area contributed by atoms with Gasteiger partial charge in [-0.05, 0) is 63.1 Å². The minimum absolute atomic E-state index is 0.111. The molecule has 0 bridgehead atoms. The Hall–Kier alpha value is -1.65. The van der Waals surface area contributed by atoms with Gasteiger partial charge < -0.3 is 14.6 Å². The molecule has 0 amide bonds. The zero-order chi connectivity index (χ0) is 19.7. The molecule has 1 aromatic rings. The number of benzene rings is 1. The Morgan fingerprint density at radius 1 is 1.11 bits per heavy atom. The second kappa shape index (κ2) is 8.15. The summed E-state index contributed by atoms with van der Waals surface area (Å²) in [5, 5.41) is 10.9. The maximum atomic E-state index is 13.5. The van der Waals surface area contributed by atoms with Crippen molar-refractivity contribution in [3.8, 4) is 0 Å². The van der Waals surface area contributed by atoms with Gasteiger partial charge in [-0.15, -0.1) is 0 Å². The maximum Gasteiger partial charge on any atom is 0.188 e. The van der Waals surface area contributed by atoms with Gasteiger partial charge in [0.15, 0.2) is 12.6 Å². The molecule has 27 heavy (non-hydrogen) atoms. The lowest BCUT2D eigenvalue weighted by molar-refractivity contribution is -0.122. The molecule has 2 aliphatic carbocycles. The third kappa shape index (κ3) is 3.70. The second-order valence-electron chi connectivity index (χ2n) is 8.08. The number of carbonyl (C=O) groups excluding carboxylic acids is 1. The van der Waals surface area contributed by atoms with E-state index >= 15 is 0 Å². The van der Waals surface area contributed by atoms with Crippen molar-refractivity contribution >= 4 is 11.4 Å². The summed E-state index contributed by atoms with van der Waals surface area (Å²) in [6, 6.07) is 4.21. The highest BCUT2D eigenvalue weighted by Crippen LogP contribution is 2.50. The molecular weight excluding hydrogens is 340 g/mol. The molecule has 4 nitrogen and oxygen atoms in total. The minimum Gasteiger partial charge on any atom is -0.471 e. The summed E-state index contributed by atoms with van der Waals surface area (Å²) >= 11 is 0.